The predicted octanol–water partition coefficient (Wildman–Crippen LogP) is 3.73. The Kier molecular flexibility index (Phi) is 5.86. The van der Waals surface area contributed by atoms with Gasteiger partial charge in [0.1, 0.15) is 5.75 Å². The van der Waals surface area contributed by atoms with Crippen LogP contribution in [0.5, 0.6) is 5.75 Å². The molecule has 160 valence electrons. The summed E-state index contributed by atoms with van der Waals surface area (Å²) in [6.45, 7) is 0. The molecule has 0 saturated heterocycles. The first-order valence-corrected chi connectivity index (χ1v) is 10.4. The summed E-state index contributed by atoms with van der Waals surface area (Å²) in [7, 11) is 0. The quantitative estimate of drug-likeness (QED) is 0.151. The Morgan fingerprint density at radius 2 is 1.81 bits per heavy atom. The minimum atomic E-state index is -0.643. The molecule has 10 heteroatoms. The van der Waals surface area contributed by atoms with Gasteiger partial charge in [0.25, 0.3) is 11.2 Å². The standard InChI is InChI=1S/C22H16N4O5S/c27-19-12-15(26(30)31)10-11-18(19)23-20(28)13-32-22-24-17-9-5-4-8-16(17)21(29)25(22)14-6-2-1-3-7-14/h1-12,27H,13H2,(H,23,28). The zero-order valence-electron chi connectivity index (χ0n) is 16.5. The zero-order valence-corrected chi connectivity index (χ0v) is 17.3. The molecule has 0 atom stereocenters. The number of non-ortho nitro benzene ring substituents is 1. The number of para-hydroxylation sites is 2. The topological polar surface area (TPSA) is 127 Å². The van der Waals surface area contributed by atoms with Crippen molar-refractivity contribution in [2.24, 2.45) is 0 Å². The minimum absolute atomic E-state index is 0.0492. The first-order valence-electron chi connectivity index (χ1n) is 9.41. The van der Waals surface area contributed by atoms with Crippen LogP contribution in [0.15, 0.2) is 82.7 Å². The van der Waals surface area contributed by atoms with Crippen LogP contribution in [-0.4, -0.2) is 31.2 Å². The monoisotopic (exact) mass is 448 g/mol. The molecule has 4 rings (SSSR count). The van der Waals surface area contributed by atoms with Crippen molar-refractivity contribution in [3.8, 4) is 11.4 Å². The van der Waals surface area contributed by atoms with Gasteiger partial charge in [-0.1, -0.05) is 42.1 Å². The first kappa shape index (κ1) is 21.1. The number of nitrogens with one attached hydrogen (secondary N) is 1. The Labute approximate surface area is 185 Å². The Bertz CT molecular complexity index is 1390. The molecule has 9 nitrogen and oxygen atoms in total. The van der Waals surface area contributed by atoms with Crippen LogP contribution < -0.4 is 10.9 Å². The van der Waals surface area contributed by atoms with Crippen molar-refractivity contribution in [2.45, 2.75) is 5.16 Å². The van der Waals surface area contributed by atoms with E-state index in [9.17, 15) is 24.8 Å². The normalized spacial score (nSPS) is 10.8. The van der Waals surface area contributed by atoms with Gasteiger partial charge in [0, 0.05) is 6.07 Å². The number of rotatable bonds is 6. The summed E-state index contributed by atoms with van der Waals surface area (Å²) in [5, 5.41) is 24.0. The third kappa shape index (κ3) is 4.30. The first-order chi connectivity index (χ1) is 15.4. The molecule has 2 N–H and O–H groups in total. The predicted molar refractivity (Wildman–Crippen MR) is 121 cm³/mol. The van der Waals surface area contributed by atoms with E-state index in [1.54, 1.807) is 48.5 Å². The molecule has 1 amide bonds. The summed E-state index contributed by atoms with van der Waals surface area (Å²) in [6, 6.07) is 19.3. The Morgan fingerprint density at radius 3 is 2.53 bits per heavy atom. The lowest BCUT2D eigenvalue weighted by Gasteiger charge is -2.13. The minimum Gasteiger partial charge on any atom is -0.506 e. The number of nitro groups is 1. The maximum atomic E-state index is 13.1. The highest BCUT2D eigenvalue weighted by Crippen LogP contribution is 2.28. The van der Waals surface area contributed by atoms with Crippen LogP contribution in [0, 0.1) is 10.1 Å². The number of phenolic OH excluding ortho intramolecular Hbond substituents is 1. The van der Waals surface area contributed by atoms with E-state index in [-0.39, 0.29) is 22.7 Å². The second kappa shape index (κ2) is 8.90. The van der Waals surface area contributed by atoms with E-state index in [4.69, 9.17) is 0 Å². The fraction of sp³-hybridized carbons (Fsp3) is 0.0455. The summed E-state index contributed by atoms with van der Waals surface area (Å²) in [4.78, 5) is 40.3. The number of nitrogens with zero attached hydrogens (tertiary/aromatic N) is 3. The van der Waals surface area contributed by atoms with Gasteiger partial charge in [-0.05, 0) is 30.3 Å². The number of phenols is 1. The number of aromatic nitrogens is 2. The molecule has 0 radical (unpaired) electrons. The van der Waals surface area contributed by atoms with Gasteiger partial charge in [-0.25, -0.2) is 4.98 Å². The summed E-state index contributed by atoms with van der Waals surface area (Å²) >= 11 is 1.06. The van der Waals surface area contributed by atoms with Crippen LogP contribution in [-0.2, 0) is 4.79 Å². The molecule has 0 bridgehead atoms. The molecule has 32 heavy (non-hydrogen) atoms. The van der Waals surface area contributed by atoms with Crippen LogP contribution in [0.25, 0.3) is 16.6 Å². The highest BCUT2D eigenvalue weighted by Gasteiger charge is 2.16. The molecule has 4 aromatic rings. The zero-order chi connectivity index (χ0) is 22.7. The van der Waals surface area contributed by atoms with Gasteiger partial charge in [-0.3, -0.25) is 24.3 Å². The van der Waals surface area contributed by atoms with E-state index in [0.29, 0.717) is 21.7 Å². The lowest BCUT2D eigenvalue weighted by molar-refractivity contribution is -0.384. The van der Waals surface area contributed by atoms with Crippen molar-refractivity contribution in [3.63, 3.8) is 0 Å². The van der Waals surface area contributed by atoms with E-state index in [1.165, 1.54) is 16.7 Å². The smallest absolute Gasteiger partial charge is 0.273 e. The van der Waals surface area contributed by atoms with Crippen molar-refractivity contribution in [1.82, 2.24) is 9.55 Å². The Morgan fingerprint density at radius 1 is 1.09 bits per heavy atom. The van der Waals surface area contributed by atoms with Crippen molar-refractivity contribution >= 4 is 39.9 Å². The van der Waals surface area contributed by atoms with E-state index in [2.05, 4.69) is 10.3 Å². The number of amides is 1. The molecule has 0 unspecified atom stereocenters. The summed E-state index contributed by atoms with van der Waals surface area (Å²) < 4.78 is 1.45. The number of hydrogen-bond acceptors (Lipinski definition) is 7. The van der Waals surface area contributed by atoms with Crippen LogP contribution >= 0.6 is 11.8 Å². The number of fused-ring (bicyclic) bond motifs is 1. The SMILES string of the molecule is O=C(CSc1nc2ccccc2c(=O)n1-c1ccccc1)Nc1ccc([N+](=O)[O-])cc1O. The lowest BCUT2D eigenvalue weighted by Crippen LogP contribution is -2.22. The molecule has 0 spiro atoms. The second-order valence-corrected chi connectivity index (χ2v) is 7.63. The molecule has 1 heterocycles. The van der Waals surface area contributed by atoms with E-state index < -0.39 is 16.6 Å². The van der Waals surface area contributed by atoms with Crippen molar-refractivity contribution in [3.05, 3.63) is 93.3 Å². The molecular formula is C22H16N4O5S. The fourth-order valence-corrected chi connectivity index (χ4v) is 3.88. The van der Waals surface area contributed by atoms with Gasteiger partial charge in [0.2, 0.25) is 5.91 Å². The number of nitro benzene ring substituents is 1. The van der Waals surface area contributed by atoms with E-state index in [1.807, 2.05) is 6.07 Å². The number of carbonyl (C=O) groups is 1. The Hall–Kier alpha value is -4.18. The van der Waals surface area contributed by atoms with Gasteiger partial charge in [0.05, 0.1) is 39.0 Å². The number of carbonyl (C=O) groups excluding carboxylic acids is 1. The Balaban J connectivity index is 1.61. The average molecular weight is 448 g/mol. The second-order valence-electron chi connectivity index (χ2n) is 6.68. The summed E-state index contributed by atoms with van der Waals surface area (Å²) in [5.74, 6) is -0.989. The maximum Gasteiger partial charge on any atom is 0.273 e. The fourth-order valence-electron chi connectivity index (χ4n) is 3.07. The van der Waals surface area contributed by atoms with Crippen molar-refractivity contribution < 1.29 is 14.8 Å². The number of aromatic hydroxyl groups is 1. The lowest BCUT2D eigenvalue weighted by atomic mass is 10.2. The molecule has 1 aromatic heterocycles. The van der Waals surface area contributed by atoms with Gasteiger partial charge < -0.3 is 10.4 Å². The number of anilines is 1. The third-order valence-electron chi connectivity index (χ3n) is 4.56. The summed E-state index contributed by atoms with van der Waals surface area (Å²) in [6.07, 6.45) is 0. The van der Waals surface area contributed by atoms with E-state index in [0.717, 1.165) is 17.8 Å². The van der Waals surface area contributed by atoms with Crippen LogP contribution in [0.1, 0.15) is 0 Å². The van der Waals surface area contributed by atoms with Crippen molar-refractivity contribution in [2.75, 3.05) is 11.1 Å². The van der Waals surface area contributed by atoms with Crippen LogP contribution in [0.3, 0.4) is 0 Å². The average Bonchev–Trinajstić information content (AvgIpc) is 2.79. The van der Waals surface area contributed by atoms with Gasteiger partial charge >= 0.3 is 0 Å². The third-order valence-corrected chi connectivity index (χ3v) is 5.50. The summed E-state index contributed by atoms with van der Waals surface area (Å²) in [5.41, 5.74) is 0.639. The van der Waals surface area contributed by atoms with Gasteiger partial charge in [-0.2, -0.15) is 0 Å². The molecule has 0 aliphatic carbocycles. The highest BCUT2D eigenvalue weighted by atomic mass is 32.2. The molecule has 3 aromatic carbocycles. The molecule has 0 aliphatic rings. The molecule has 0 aliphatic heterocycles. The number of hydrogen-bond donors (Lipinski definition) is 2. The molecular weight excluding hydrogens is 432 g/mol. The molecule has 0 saturated carbocycles. The van der Waals surface area contributed by atoms with Crippen molar-refractivity contribution in [1.29, 1.82) is 0 Å². The number of thioether (sulfide) groups is 1. The maximum absolute atomic E-state index is 13.1. The largest absolute Gasteiger partial charge is 0.506 e. The van der Waals surface area contributed by atoms with Crippen LogP contribution in [0.2, 0.25) is 0 Å². The highest BCUT2D eigenvalue weighted by molar-refractivity contribution is 7.99. The van der Waals surface area contributed by atoms with E-state index >= 15 is 0 Å². The van der Waals surface area contributed by atoms with Gasteiger partial charge in [-0.15, -0.1) is 0 Å². The molecule has 0 fully saturated rings. The van der Waals surface area contributed by atoms with Crippen LogP contribution in [0.4, 0.5) is 11.4 Å². The van der Waals surface area contributed by atoms with Gasteiger partial charge in [0.15, 0.2) is 5.16 Å². The number of benzene rings is 3.